The lowest BCUT2D eigenvalue weighted by Crippen LogP contribution is -2.32. The minimum absolute atomic E-state index is 0.205. The zero-order chi connectivity index (χ0) is 19.8. The topological polar surface area (TPSA) is 89.8 Å². The van der Waals surface area contributed by atoms with Crippen LogP contribution in [-0.4, -0.2) is 33.8 Å². The molecule has 0 aliphatic carbocycles. The summed E-state index contributed by atoms with van der Waals surface area (Å²) in [6, 6.07) is 11.7. The van der Waals surface area contributed by atoms with Crippen LogP contribution in [0.2, 0.25) is 0 Å². The third-order valence-corrected chi connectivity index (χ3v) is 4.36. The number of hydrogen-bond donors (Lipinski definition) is 1. The van der Waals surface area contributed by atoms with Crippen LogP contribution in [0.1, 0.15) is 11.6 Å². The van der Waals surface area contributed by atoms with Crippen LogP contribution < -0.4 is 24.3 Å². The molecule has 0 aliphatic rings. The van der Waals surface area contributed by atoms with Crippen LogP contribution in [0.4, 0.5) is 0 Å². The summed E-state index contributed by atoms with van der Waals surface area (Å²) in [5.41, 5.74) is 0.509. The Bertz CT molecular complexity index is 808. The number of nitrogens with one attached hydrogen (secondary N) is 1. The number of ether oxygens (including phenoxy) is 4. The molecule has 0 bridgehead atoms. The van der Waals surface area contributed by atoms with E-state index in [0.29, 0.717) is 28.6 Å². The van der Waals surface area contributed by atoms with Crippen molar-refractivity contribution in [1.29, 1.82) is 5.26 Å². The number of hydrogen-bond acceptors (Lipinski definition) is 6. The van der Waals surface area contributed by atoms with Gasteiger partial charge in [0, 0.05) is 3.57 Å². The fraction of sp³-hybridized carbons (Fsp3) is 0.263. The maximum atomic E-state index is 12.2. The van der Waals surface area contributed by atoms with E-state index in [9.17, 15) is 10.1 Å². The molecular formula is C19H19IN2O5. The van der Waals surface area contributed by atoms with Crippen molar-refractivity contribution in [2.24, 2.45) is 0 Å². The molecule has 27 heavy (non-hydrogen) atoms. The van der Waals surface area contributed by atoms with Gasteiger partial charge in [0.2, 0.25) is 5.75 Å². The first-order valence-electron chi connectivity index (χ1n) is 7.89. The Morgan fingerprint density at radius 1 is 1.11 bits per heavy atom. The van der Waals surface area contributed by atoms with E-state index in [1.807, 2.05) is 12.1 Å². The molecule has 142 valence electrons. The Kier molecular flexibility index (Phi) is 7.55. The van der Waals surface area contributed by atoms with E-state index in [1.54, 1.807) is 24.3 Å². The first-order chi connectivity index (χ1) is 13.0. The molecule has 7 nitrogen and oxygen atoms in total. The minimum atomic E-state index is -0.897. The van der Waals surface area contributed by atoms with Gasteiger partial charge in [-0.3, -0.25) is 4.79 Å². The van der Waals surface area contributed by atoms with Crippen molar-refractivity contribution in [2.75, 3.05) is 27.9 Å². The predicted molar refractivity (Wildman–Crippen MR) is 107 cm³/mol. The Labute approximate surface area is 171 Å². The molecule has 1 atom stereocenters. The molecule has 0 aliphatic heterocycles. The van der Waals surface area contributed by atoms with E-state index in [4.69, 9.17) is 18.9 Å². The van der Waals surface area contributed by atoms with Crippen LogP contribution in [0.3, 0.4) is 0 Å². The average molecular weight is 482 g/mol. The molecule has 0 saturated heterocycles. The summed E-state index contributed by atoms with van der Waals surface area (Å²) >= 11 is 2.18. The molecule has 1 amide bonds. The molecule has 0 spiro atoms. The highest BCUT2D eigenvalue weighted by Crippen LogP contribution is 2.39. The van der Waals surface area contributed by atoms with E-state index in [-0.39, 0.29) is 6.61 Å². The summed E-state index contributed by atoms with van der Waals surface area (Å²) in [7, 11) is 4.46. The van der Waals surface area contributed by atoms with Gasteiger partial charge in [0.25, 0.3) is 5.91 Å². The number of carbonyl (C=O) groups excluding carboxylic acids is 1. The summed E-state index contributed by atoms with van der Waals surface area (Å²) in [4.78, 5) is 12.2. The molecule has 0 fully saturated rings. The van der Waals surface area contributed by atoms with E-state index < -0.39 is 11.9 Å². The number of methoxy groups -OCH3 is 3. The third-order valence-electron chi connectivity index (χ3n) is 3.64. The van der Waals surface area contributed by atoms with Crippen molar-refractivity contribution < 1.29 is 23.7 Å². The van der Waals surface area contributed by atoms with Crippen molar-refractivity contribution >= 4 is 28.5 Å². The Hall–Kier alpha value is -2.67. The highest BCUT2D eigenvalue weighted by molar-refractivity contribution is 14.1. The van der Waals surface area contributed by atoms with Gasteiger partial charge in [-0.2, -0.15) is 5.26 Å². The van der Waals surface area contributed by atoms with Crippen LogP contribution in [0.25, 0.3) is 0 Å². The smallest absolute Gasteiger partial charge is 0.259 e. The normalized spacial score (nSPS) is 11.1. The SMILES string of the molecule is COc1cc(C(C#N)NC(=O)COc2ccc(I)cc2)cc(OC)c1OC. The van der Waals surface area contributed by atoms with Gasteiger partial charge in [0.15, 0.2) is 18.1 Å². The molecule has 2 rings (SSSR count). The van der Waals surface area contributed by atoms with Crippen molar-refractivity contribution in [1.82, 2.24) is 5.32 Å². The van der Waals surface area contributed by atoms with Crippen molar-refractivity contribution in [3.05, 3.63) is 45.5 Å². The number of rotatable bonds is 8. The van der Waals surface area contributed by atoms with Gasteiger partial charge in [-0.15, -0.1) is 0 Å². The molecule has 0 aromatic heterocycles. The second kappa shape index (κ2) is 9.87. The van der Waals surface area contributed by atoms with Crippen LogP contribution >= 0.6 is 22.6 Å². The highest BCUT2D eigenvalue weighted by Gasteiger charge is 2.20. The largest absolute Gasteiger partial charge is 0.493 e. The molecule has 1 unspecified atom stereocenters. The predicted octanol–water partition coefficient (Wildman–Crippen LogP) is 3.08. The fourth-order valence-electron chi connectivity index (χ4n) is 2.34. The Morgan fingerprint density at radius 2 is 1.70 bits per heavy atom. The van der Waals surface area contributed by atoms with Gasteiger partial charge >= 0.3 is 0 Å². The van der Waals surface area contributed by atoms with E-state index in [1.165, 1.54) is 21.3 Å². The molecule has 0 radical (unpaired) electrons. The molecule has 8 heteroatoms. The Morgan fingerprint density at radius 3 is 2.19 bits per heavy atom. The number of halogens is 1. The summed E-state index contributed by atoms with van der Waals surface area (Å²) in [6.45, 7) is -0.205. The van der Waals surface area contributed by atoms with Crippen LogP contribution in [0, 0.1) is 14.9 Å². The standard InChI is InChI=1S/C19H19IN2O5/c1-24-16-8-12(9-17(25-2)19(16)26-3)15(10-21)22-18(23)11-27-14-6-4-13(20)5-7-14/h4-9,15H,11H2,1-3H3,(H,22,23). The highest BCUT2D eigenvalue weighted by atomic mass is 127. The molecule has 0 saturated carbocycles. The van der Waals surface area contributed by atoms with Crippen LogP contribution in [0.15, 0.2) is 36.4 Å². The minimum Gasteiger partial charge on any atom is -0.493 e. The van der Waals surface area contributed by atoms with Crippen molar-refractivity contribution in [2.45, 2.75) is 6.04 Å². The molecule has 2 aromatic carbocycles. The van der Waals surface area contributed by atoms with Gasteiger partial charge in [-0.25, -0.2) is 0 Å². The maximum absolute atomic E-state index is 12.2. The van der Waals surface area contributed by atoms with Crippen LogP contribution in [-0.2, 0) is 4.79 Å². The molecule has 0 heterocycles. The second-order valence-electron chi connectivity index (χ2n) is 5.33. The van der Waals surface area contributed by atoms with Gasteiger partial charge in [-0.05, 0) is 64.6 Å². The van der Waals surface area contributed by atoms with Gasteiger partial charge in [-0.1, -0.05) is 0 Å². The number of benzene rings is 2. The lowest BCUT2D eigenvalue weighted by molar-refractivity contribution is -0.123. The summed E-state index contributed by atoms with van der Waals surface area (Å²) in [5, 5.41) is 12.1. The van der Waals surface area contributed by atoms with Crippen LogP contribution in [0.5, 0.6) is 23.0 Å². The first kappa shape index (κ1) is 20.6. The molecule has 1 N–H and O–H groups in total. The quantitative estimate of drug-likeness (QED) is 0.582. The number of nitrogens with zero attached hydrogens (tertiary/aromatic N) is 1. The summed E-state index contributed by atoms with van der Waals surface area (Å²) in [6.07, 6.45) is 0. The Balaban J connectivity index is 2.11. The fourth-order valence-corrected chi connectivity index (χ4v) is 2.70. The number of amides is 1. The lowest BCUT2D eigenvalue weighted by atomic mass is 10.1. The number of carbonyl (C=O) groups is 1. The first-order valence-corrected chi connectivity index (χ1v) is 8.97. The molecular weight excluding hydrogens is 463 g/mol. The van der Waals surface area contributed by atoms with Gasteiger partial charge in [0.05, 0.1) is 27.4 Å². The summed E-state index contributed by atoms with van der Waals surface area (Å²) in [5.74, 6) is 1.36. The number of nitriles is 1. The monoisotopic (exact) mass is 482 g/mol. The van der Waals surface area contributed by atoms with E-state index >= 15 is 0 Å². The zero-order valence-corrected chi connectivity index (χ0v) is 17.3. The zero-order valence-electron chi connectivity index (χ0n) is 15.1. The lowest BCUT2D eigenvalue weighted by Gasteiger charge is -2.17. The second-order valence-corrected chi connectivity index (χ2v) is 6.58. The van der Waals surface area contributed by atoms with E-state index in [2.05, 4.69) is 34.0 Å². The third kappa shape index (κ3) is 5.40. The molecule has 2 aromatic rings. The van der Waals surface area contributed by atoms with Crippen molar-refractivity contribution in [3.8, 4) is 29.1 Å². The van der Waals surface area contributed by atoms with Gasteiger partial charge < -0.3 is 24.3 Å². The summed E-state index contributed by atoms with van der Waals surface area (Å²) < 4.78 is 22.3. The van der Waals surface area contributed by atoms with Gasteiger partial charge in [0.1, 0.15) is 11.8 Å². The van der Waals surface area contributed by atoms with Crippen molar-refractivity contribution in [3.63, 3.8) is 0 Å². The average Bonchev–Trinajstić information content (AvgIpc) is 2.70. The maximum Gasteiger partial charge on any atom is 0.259 e. The van der Waals surface area contributed by atoms with E-state index in [0.717, 1.165) is 3.57 Å².